The summed E-state index contributed by atoms with van der Waals surface area (Å²) in [6.45, 7) is 9.23. The highest BCUT2D eigenvalue weighted by atomic mass is 16.5. The van der Waals surface area contributed by atoms with Crippen LogP contribution in [0.15, 0.2) is 29.3 Å². The molecule has 0 bridgehead atoms. The Kier molecular flexibility index (Phi) is 6.07. The standard InChI is InChI=1S/C19H19N7O4/c1-4-26-17(28)12-5-6-13(30-8-7-21-2)15(29-3)14(12)24-19(26)25-16(27)11-9-22-18(20)23-10-11/h5-6,9-10H,4,7-8H2,1,3H3,(H2,20,22,23)(H,24,25,27). The maximum absolute atomic E-state index is 13.0. The quantitative estimate of drug-likeness (QED) is 0.440. The number of benzene rings is 1. The Morgan fingerprint density at radius 2 is 2.07 bits per heavy atom. The molecule has 3 N–H and O–H groups in total. The fourth-order valence-electron chi connectivity index (χ4n) is 2.77. The van der Waals surface area contributed by atoms with Gasteiger partial charge in [-0.15, -0.1) is 0 Å². The number of amides is 1. The molecule has 3 rings (SSSR count). The third kappa shape index (κ3) is 3.97. The molecule has 11 nitrogen and oxygen atoms in total. The molecule has 0 unspecified atom stereocenters. The summed E-state index contributed by atoms with van der Waals surface area (Å²) in [5, 5.41) is 2.91. The van der Waals surface area contributed by atoms with Gasteiger partial charge in [0.15, 0.2) is 18.1 Å². The van der Waals surface area contributed by atoms with E-state index in [2.05, 4.69) is 25.1 Å². The summed E-state index contributed by atoms with van der Waals surface area (Å²) in [6.07, 6.45) is 2.55. The zero-order valence-electron chi connectivity index (χ0n) is 16.4. The number of aromatic nitrogens is 4. The number of nitrogens with zero attached hydrogens (tertiary/aromatic N) is 5. The highest BCUT2D eigenvalue weighted by Gasteiger charge is 2.19. The Morgan fingerprint density at radius 3 is 2.70 bits per heavy atom. The maximum Gasteiger partial charge on any atom is 0.262 e. The zero-order chi connectivity index (χ0) is 21.7. The zero-order valence-corrected chi connectivity index (χ0v) is 16.4. The lowest BCUT2D eigenvalue weighted by molar-refractivity contribution is 0.102. The summed E-state index contributed by atoms with van der Waals surface area (Å²) >= 11 is 0. The number of ether oxygens (including phenoxy) is 2. The summed E-state index contributed by atoms with van der Waals surface area (Å²) < 4.78 is 12.3. The van der Waals surface area contributed by atoms with Crippen molar-refractivity contribution in [1.29, 1.82) is 0 Å². The molecule has 3 aromatic rings. The van der Waals surface area contributed by atoms with Gasteiger partial charge in [-0.25, -0.2) is 21.5 Å². The van der Waals surface area contributed by atoms with Crippen molar-refractivity contribution in [3.05, 3.63) is 51.9 Å². The molecule has 11 heteroatoms. The lowest BCUT2D eigenvalue weighted by Gasteiger charge is -2.15. The first-order valence-electron chi connectivity index (χ1n) is 8.96. The maximum atomic E-state index is 13.0. The van der Waals surface area contributed by atoms with Gasteiger partial charge < -0.3 is 20.1 Å². The number of methoxy groups -OCH3 is 1. The van der Waals surface area contributed by atoms with Crippen molar-refractivity contribution in [2.45, 2.75) is 13.5 Å². The van der Waals surface area contributed by atoms with Crippen LogP contribution in [-0.4, -0.2) is 45.7 Å². The van der Waals surface area contributed by atoms with Crippen LogP contribution in [0.2, 0.25) is 0 Å². The first-order chi connectivity index (χ1) is 14.5. The van der Waals surface area contributed by atoms with E-state index in [0.29, 0.717) is 11.1 Å². The number of rotatable bonds is 7. The van der Waals surface area contributed by atoms with Crippen molar-refractivity contribution in [3.8, 4) is 11.5 Å². The highest BCUT2D eigenvalue weighted by molar-refractivity contribution is 6.03. The van der Waals surface area contributed by atoms with Crippen LogP contribution in [0.1, 0.15) is 17.3 Å². The van der Waals surface area contributed by atoms with Crippen molar-refractivity contribution >= 4 is 28.7 Å². The molecule has 0 aliphatic rings. The molecule has 1 amide bonds. The lowest BCUT2D eigenvalue weighted by atomic mass is 10.2. The number of nitrogen functional groups attached to an aromatic ring is 1. The van der Waals surface area contributed by atoms with Crippen LogP contribution in [0.3, 0.4) is 0 Å². The Morgan fingerprint density at radius 1 is 1.33 bits per heavy atom. The Bertz CT molecular complexity index is 1180. The average molecular weight is 409 g/mol. The molecule has 30 heavy (non-hydrogen) atoms. The summed E-state index contributed by atoms with van der Waals surface area (Å²) in [5.41, 5.74) is 5.48. The minimum atomic E-state index is -0.549. The van der Waals surface area contributed by atoms with Crippen LogP contribution in [0.5, 0.6) is 11.5 Å². The number of hydrogen-bond donors (Lipinski definition) is 2. The minimum Gasteiger partial charge on any atom is -0.491 e. The summed E-state index contributed by atoms with van der Waals surface area (Å²) in [5.74, 6) is 0.111. The predicted octanol–water partition coefficient (Wildman–Crippen LogP) is 1.35. The number of nitrogens with two attached hydrogens (primary N) is 1. The van der Waals surface area contributed by atoms with Gasteiger partial charge in [0.1, 0.15) is 5.52 Å². The van der Waals surface area contributed by atoms with Crippen LogP contribution in [0.25, 0.3) is 15.7 Å². The van der Waals surface area contributed by atoms with Crippen LogP contribution in [0.4, 0.5) is 11.9 Å². The molecule has 2 aromatic heterocycles. The number of carbonyl (C=O) groups is 1. The predicted molar refractivity (Wildman–Crippen MR) is 110 cm³/mol. The third-order valence-electron chi connectivity index (χ3n) is 4.18. The lowest BCUT2D eigenvalue weighted by Crippen LogP contribution is -2.27. The van der Waals surface area contributed by atoms with Crippen LogP contribution in [0, 0.1) is 6.57 Å². The van der Waals surface area contributed by atoms with Crippen LogP contribution >= 0.6 is 0 Å². The molecule has 0 aliphatic heterocycles. The topological polar surface area (TPSA) is 139 Å². The largest absolute Gasteiger partial charge is 0.491 e. The number of fused-ring (bicyclic) bond motifs is 1. The summed E-state index contributed by atoms with van der Waals surface area (Å²) in [6, 6.07) is 3.17. The van der Waals surface area contributed by atoms with Crippen molar-refractivity contribution in [2.24, 2.45) is 0 Å². The van der Waals surface area contributed by atoms with Gasteiger partial charge in [0.2, 0.25) is 18.4 Å². The second-order valence-electron chi connectivity index (χ2n) is 5.99. The number of nitrogens with one attached hydrogen (secondary N) is 1. The van der Waals surface area contributed by atoms with E-state index in [-0.39, 0.29) is 54.0 Å². The molecule has 1 aromatic carbocycles. The van der Waals surface area contributed by atoms with Gasteiger partial charge in [-0.2, -0.15) is 0 Å². The van der Waals surface area contributed by atoms with Crippen LogP contribution in [-0.2, 0) is 6.54 Å². The van der Waals surface area contributed by atoms with E-state index in [1.54, 1.807) is 19.1 Å². The average Bonchev–Trinajstić information content (AvgIpc) is 2.74. The van der Waals surface area contributed by atoms with Crippen molar-refractivity contribution < 1.29 is 14.3 Å². The van der Waals surface area contributed by atoms with Gasteiger partial charge in [0.25, 0.3) is 11.5 Å². The Hall–Kier alpha value is -4.20. The van der Waals surface area contributed by atoms with E-state index >= 15 is 0 Å². The SMILES string of the molecule is [C-]#[N+]CCOc1ccc2c(=O)n(CC)c(NC(=O)c3cnc(N)nc3)nc2c1OC. The van der Waals surface area contributed by atoms with E-state index < -0.39 is 5.91 Å². The summed E-state index contributed by atoms with van der Waals surface area (Å²) in [4.78, 5) is 40.8. The van der Waals surface area contributed by atoms with Crippen molar-refractivity contribution in [2.75, 3.05) is 31.3 Å². The molecule has 0 saturated carbocycles. The fraction of sp³-hybridized carbons (Fsp3) is 0.263. The van der Waals surface area contributed by atoms with E-state index in [4.69, 9.17) is 21.8 Å². The first kappa shape index (κ1) is 20.5. The van der Waals surface area contributed by atoms with E-state index in [1.165, 1.54) is 24.1 Å². The molecule has 2 heterocycles. The number of hydrogen-bond acceptors (Lipinski definition) is 8. The second-order valence-corrected chi connectivity index (χ2v) is 5.99. The van der Waals surface area contributed by atoms with E-state index in [0.717, 1.165) is 0 Å². The number of anilines is 2. The Balaban J connectivity index is 2.08. The monoisotopic (exact) mass is 409 g/mol. The van der Waals surface area contributed by atoms with Crippen molar-refractivity contribution in [3.63, 3.8) is 0 Å². The van der Waals surface area contributed by atoms with Gasteiger partial charge in [0.05, 0.1) is 18.1 Å². The molecule has 0 atom stereocenters. The molecular formula is C19H19N7O4. The molecule has 0 radical (unpaired) electrons. The fourth-order valence-corrected chi connectivity index (χ4v) is 2.77. The van der Waals surface area contributed by atoms with Gasteiger partial charge in [-0.3, -0.25) is 19.5 Å². The first-order valence-corrected chi connectivity index (χ1v) is 8.96. The third-order valence-corrected chi connectivity index (χ3v) is 4.18. The molecule has 154 valence electrons. The smallest absolute Gasteiger partial charge is 0.262 e. The minimum absolute atomic E-state index is 0.0356. The molecule has 0 aliphatic carbocycles. The molecular weight excluding hydrogens is 390 g/mol. The normalized spacial score (nSPS) is 10.4. The van der Waals surface area contributed by atoms with Gasteiger partial charge in [-0.1, -0.05) is 0 Å². The van der Waals surface area contributed by atoms with Gasteiger partial charge in [0, 0.05) is 18.9 Å². The number of carbonyl (C=O) groups excluding carboxylic acids is 1. The van der Waals surface area contributed by atoms with Gasteiger partial charge >= 0.3 is 0 Å². The van der Waals surface area contributed by atoms with Crippen molar-refractivity contribution in [1.82, 2.24) is 19.5 Å². The molecule has 0 spiro atoms. The van der Waals surface area contributed by atoms with E-state index in [9.17, 15) is 9.59 Å². The summed E-state index contributed by atoms with van der Waals surface area (Å²) in [7, 11) is 1.42. The van der Waals surface area contributed by atoms with Gasteiger partial charge in [-0.05, 0) is 19.1 Å². The molecule has 0 fully saturated rings. The molecule has 0 saturated heterocycles. The Labute approximate surface area is 171 Å². The second kappa shape index (κ2) is 8.87. The van der Waals surface area contributed by atoms with E-state index in [1.807, 2.05) is 0 Å². The highest BCUT2D eigenvalue weighted by Crippen LogP contribution is 2.33. The van der Waals surface area contributed by atoms with Crippen LogP contribution < -0.4 is 26.1 Å².